The third-order valence-electron chi connectivity index (χ3n) is 7.34. The highest BCUT2D eigenvalue weighted by atomic mass is 35.5. The van der Waals surface area contributed by atoms with Crippen LogP contribution in [0.4, 0.5) is 0 Å². The van der Waals surface area contributed by atoms with Crippen LogP contribution < -0.4 is 0 Å². The third kappa shape index (κ3) is 3.86. The van der Waals surface area contributed by atoms with Crippen LogP contribution >= 0.6 is 23.2 Å². The summed E-state index contributed by atoms with van der Waals surface area (Å²) in [6, 6.07) is 28.0. The molecule has 0 N–H and O–H groups in total. The molecule has 8 nitrogen and oxygen atoms in total. The first-order chi connectivity index (χ1) is 20.3. The average molecular weight is 599 g/mol. The van der Waals surface area contributed by atoms with Gasteiger partial charge in [0.05, 0.1) is 15.6 Å². The number of oxime groups is 2. The first-order valence-corrected chi connectivity index (χ1v) is 14.0. The Labute approximate surface area is 252 Å². The van der Waals surface area contributed by atoms with Gasteiger partial charge in [0.2, 0.25) is 11.7 Å². The van der Waals surface area contributed by atoms with Crippen molar-refractivity contribution in [2.24, 2.45) is 15.4 Å². The number of fused-ring (bicyclic) bond motifs is 2. The van der Waals surface area contributed by atoms with Gasteiger partial charge in [-0.25, -0.2) is 0 Å². The zero-order valence-electron chi connectivity index (χ0n) is 22.8. The Hall–Kier alpha value is -4.53. The van der Waals surface area contributed by atoms with Crippen molar-refractivity contribution in [2.75, 3.05) is 0 Å². The topological polar surface area (TPSA) is 77.2 Å². The Morgan fingerprint density at radius 2 is 1.29 bits per heavy atom. The molecule has 42 heavy (non-hydrogen) atoms. The number of ether oxygens (including phenoxy) is 2. The fraction of sp³-hybridized carbons (Fsp3) is 0.156. The molecule has 0 radical (unpaired) electrons. The van der Waals surface area contributed by atoms with Crippen LogP contribution in [0.2, 0.25) is 10.0 Å². The first-order valence-electron chi connectivity index (χ1n) is 13.3. The molecule has 0 amide bonds. The maximum Gasteiger partial charge on any atom is 0.512 e. The van der Waals surface area contributed by atoms with E-state index >= 15 is 0 Å². The van der Waals surface area contributed by atoms with Crippen molar-refractivity contribution >= 4 is 40.8 Å². The molecule has 10 heteroatoms. The van der Waals surface area contributed by atoms with E-state index in [1.54, 1.807) is 23.2 Å². The zero-order valence-corrected chi connectivity index (χ0v) is 24.3. The van der Waals surface area contributed by atoms with E-state index in [0.29, 0.717) is 26.7 Å². The van der Waals surface area contributed by atoms with Gasteiger partial charge in [-0.2, -0.15) is 5.01 Å². The Kier molecular flexibility index (Phi) is 6.15. The average Bonchev–Trinajstić information content (AvgIpc) is 3.57. The molecule has 0 bridgehead atoms. The van der Waals surface area contributed by atoms with E-state index in [1.807, 2.05) is 81.4 Å². The van der Waals surface area contributed by atoms with Gasteiger partial charge in [-0.3, -0.25) is 0 Å². The summed E-state index contributed by atoms with van der Waals surface area (Å²) in [6.07, 6.45) is 0. The van der Waals surface area contributed by atoms with Crippen LogP contribution in [0.1, 0.15) is 38.9 Å². The Morgan fingerprint density at radius 1 is 0.667 bits per heavy atom. The van der Waals surface area contributed by atoms with Gasteiger partial charge in [0.1, 0.15) is 0 Å². The number of hydrazone groups is 1. The molecule has 7 rings (SSSR count). The van der Waals surface area contributed by atoms with Gasteiger partial charge < -0.3 is 19.1 Å². The van der Waals surface area contributed by atoms with Crippen LogP contribution in [0.25, 0.3) is 0 Å². The van der Waals surface area contributed by atoms with Crippen LogP contribution in [0.3, 0.4) is 0 Å². The summed E-state index contributed by atoms with van der Waals surface area (Å²) in [5, 5.41) is 16.1. The summed E-state index contributed by atoms with van der Waals surface area (Å²) in [5.41, 5.74) is 3.78. The van der Waals surface area contributed by atoms with Gasteiger partial charge in [0.15, 0.2) is 0 Å². The minimum Gasteiger partial charge on any atom is -0.394 e. The number of halogens is 2. The lowest BCUT2D eigenvalue weighted by Crippen LogP contribution is -2.66. The minimum atomic E-state index is -2.03. The molecule has 3 heterocycles. The van der Waals surface area contributed by atoms with Crippen LogP contribution in [0.5, 0.6) is 0 Å². The molecule has 0 fully saturated rings. The van der Waals surface area contributed by atoms with Crippen molar-refractivity contribution in [2.45, 2.75) is 32.5 Å². The zero-order chi connectivity index (χ0) is 29.1. The van der Waals surface area contributed by atoms with E-state index in [2.05, 4.69) is 22.4 Å². The van der Waals surface area contributed by atoms with Gasteiger partial charge in [-0.15, -0.1) is 5.10 Å². The number of hydrogen-bond acceptors (Lipinski definition) is 8. The predicted molar refractivity (Wildman–Crippen MR) is 160 cm³/mol. The lowest BCUT2D eigenvalue weighted by molar-refractivity contribution is -0.419. The summed E-state index contributed by atoms with van der Waals surface area (Å²) in [4.78, 5) is 12.5. The molecule has 4 aromatic carbocycles. The summed E-state index contributed by atoms with van der Waals surface area (Å²) in [6.45, 7) is 6.03. The number of rotatable bonds is 4. The summed E-state index contributed by atoms with van der Waals surface area (Å²) in [5.74, 6) is -1.35. The third-order valence-corrected chi connectivity index (χ3v) is 7.97. The van der Waals surface area contributed by atoms with E-state index in [0.717, 1.165) is 22.3 Å². The molecule has 3 aliphatic heterocycles. The molecule has 2 atom stereocenters. The Bertz CT molecular complexity index is 1770. The number of amidine groups is 1. The highest BCUT2D eigenvalue weighted by molar-refractivity contribution is 6.40. The standard InChI is InChI=1S/C32H24Cl2N4O4/c1-19-17-20(2)26(21(3)18-19)30-37-42-32(40-30)31(23-13-8-5-9-14-23)38(35-29(39-32)22-11-6-4-7-12-22)28(36-41-31)27-24(33)15-10-16-25(27)34/h4-18H,1-3H3. The SMILES string of the molecule is Cc1cc(C)c(C2=NOC3(OC(c4ccccc4)=NN4C(c5c(Cl)cccc5Cl)=NOC43c3ccccc3)O2)c(C)c1. The summed E-state index contributed by atoms with van der Waals surface area (Å²) < 4.78 is 13.2. The quantitative estimate of drug-likeness (QED) is 0.248. The van der Waals surface area contributed by atoms with E-state index < -0.39 is 11.7 Å². The summed E-state index contributed by atoms with van der Waals surface area (Å²) in [7, 11) is 0. The van der Waals surface area contributed by atoms with Crippen molar-refractivity contribution in [3.63, 3.8) is 0 Å². The van der Waals surface area contributed by atoms with Crippen LogP contribution in [0, 0.1) is 20.8 Å². The molecule has 210 valence electrons. The van der Waals surface area contributed by atoms with E-state index in [4.69, 9.17) is 47.5 Å². The molecule has 3 aliphatic rings. The van der Waals surface area contributed by atoms with Gasteiger partial charge >= 0.3 is 11.7 Å². The molecular formula is C32H24Cl2N4O4. The first kappa shape index (κ1) is 26.4. The smallest absolute Gasteiger partial charge is 0.394 e. The van der Waals surface area contributed by atoms with E-state index in [-0.39, 0.29) is 17.6 Å². The molecule has 0 aromatic heterocycles. The molecular weight excluding hydrogens is 575 g/mol. The molecule has 2 unspecified atom stereocenters. The highest BCUT2D eigenvalue weighted by Crippen LogP contribution is 2.53. The second kappa shape index (κ2) is 9.79. The second-order valence-electron chi connectivity index (χ2n) is 10.2. The van der Waals surface area contributed by atoms with Crippen molar-refractivity contribution in [1.29, 1.82) is 0 Å². The summed E-state index contributed by atoms with van der Waals surface area (Å²) >= 11 is 13.4. The number of nitrogens with zero attached hydrogens (tertiary/aromatic N) is 4. The van der Waals surface area contributed by atoms with Crippen LogP contribution in [-0.2, 0) is 24.9 Å². The predicted octanol–water partition coefficient (Wildman–Crippen LogP) is 7.22. The highest BCUT2D eigenvalue weighted by Gasteiger charge is 2.76. The molecule has 0 aliphatic carbocycles. The van der Waals surface area contributed by atoms with Crippen LogP contribution in [-0.4, -0.2) is 28.6 Å². The van der Waals surface area contributed by atoms with Gasteiger partial charge in [0.25, 0.3) is 5.90 Å². The number of aryl methyl sites for hydroxylation is 3. The normalized spacial score (nSPS) is 22.3. The van der Waals surface area contributed by atoms with Gasteiger partial charge in [-0.1, -0.05) is 101 Å². The van der Waals surface area contributed by atoms with Gasteiger partial charge in [-0.05, 0) is 61.3 Å². The van der Waals surface area contributed by atoms with E-state index in [1.165, 1.54) is 0 Å². The van der Waals surface area contributed by atoms with Crippen molar-refractivity contribution < 1.29 is 19.1 Å². The Balaban J connectivity index is 1.45. The lowest BCUT2D eigenvalue weighted by atomic mass is 9.97. The minimum absolute atomic E-state index is 0.192. The van der Waals surface area contributed by atoms with Crippen LogP contribution in [0.15, 0.2) is 106 Å². The maximum atomic E-state index is 6.68. The van der Waals surface area contributed by atoms with Gasteiger partial charge in [0, 0.05) is 16.7 Å². The second-order valence-corrected chi connectivity index (χ2v) is 11.0. The lowest BCUT2D eigenvalue weighted by Gasteiger charge is -2.45. The fourth-order valence-electron chi connectivity index (χ4n) is 5.57. The number of hydrogen-bond donors (Lipinski definition) is 0. The molecule has 0 saturated heterocycles. The molecule has 1 spiro atoms. The Morgan fingerprint density at radius 3 is 1.95 bits per heavy atom. The molecule has 0 saturated carbocycles. The van der Waals surface area contributed by atoms with Crippen molar-refractivity contribution in [3.8, 4) is 0 Å². The van der Waals surface area contributed by atoms with E-state index in [9.17, 15) is 0 Å². The largest absolute Gasteiger partial charge is 0.512 e. The number of benzene rings is 4. The fourth-order valence-corrected chi connectivity index (χ4v) is 6.14. The van der Waals surface area contributed by atoms with Crippen molar-refractivity contribution in [1.82, 2.24) is 5.01 Å². The molecule has 4 aromatic rings. The van der Waals surface area contributed by atoms with Crippen molar-refractivity contribution in [3.05, 3.63) is 140 Å². The maximum absolute atomic E-state index is 6.68. The monoisotopic (exact) mass is 598 g/mol.